The van der Waals surface area contributed by atoms with Crippen LogP contribution in [-0.4, -0.2) is 11.1 Å². The van der Waals surface area contributed by atoms with Crippen LogP contribution in [0.25, 0.3) is 54.2 Å². The van der Waals surface area contributed by atoms with Gasteiger partial charge in [-0.2, -0.15) is 0 Å². The van der Waals surface area contributed by atoms with Gasteiger partial charge in [0.05, 0.1) is 0 Å². The molecule has 0 fully saturated rings. The molecule has 2 heteroatoms. The van der Waals surface area contributed by atoms with E-state index in [1.807, 2.05) is 0 Å². The van der Waals surface area contributed by atoms with Gasteiger partial charge in [0.15, 0.2) is 0 Å². The smallest absolute Gasteiger partial charge is 0.330 e. The van der Waals surface area contributed by atoms with Gasteiger partial charge >= 0.3 is 5.97 Å². The summed E-state index contributed by atoms with van der Waals surface area (Å²) in [5.41, 5.74) is 2.77. The maximum Gasteiger partial charge on any atom is 0.330 e. The minimum Gasteiger partial charge on any atom is -0.478 e. The molecule has 0 bridgehead atoms. The van der Waals surface area contributed by atoms with Gasteiger partial charge in [0, 0.05) is 5.57 Å². The molecule has 0 aromatic heterocycles. The standard InChI is InChI=1S/C28H18.C4H6O2/c1-3-9-21-17-27-23(15-19(21)7-1)11-5-13-25(27)26-14-6-12-24-16-20-8-2-4-10-22(20)18-28(24)26;1-3(2)4(5)6/h1-18H;1H2,2H3,(H,5,6). The quantitative estimate of drug-likeness (QED) is 0.216. The first kappa shape index (κ1) is 21.4. The number of carbonyl (C=O) groups is 1. The van der Waals surface area contributed by atoms with Gasteiger partial charge < -0.3 is 5.11 Å². The molecule has 0 amide bonds. The van der Waals surface area contributed by atoms with Crippen molar-refractivity contribution in [2.24, 2.45) is 0 Å². The first-order valence-electron chi connectivity index (χ1n) is 11.2. The fourth-order valence-electron chi connectivity index (χ4n) is 4.40. The minimum atomic E-state index is -0.935. The normalized spacial score (nSPS) is 10.9. The van der Waals surface area contributed by atoms with Gasteiger partial charge in [0.2, 0.25) is 0 Å². The lowest BCUT2D eigenvalue weighted by Gasteiger charge is -2.12. The fourth-order valence-corrected chi connectivity index (χ4v) is 4.40. The monoisotopic (exact) mass is 440 g/mol. The number of aliphatic carboxylic acids is 1. The maximum atomic E-state index is 9.60. The molecule has 6 aromatic rings. The van der Waals surface area contributed by atoms with Crippen LogP contribution < -0.4 is 0 Å². The van der Waals surface area contributed by atoms with Crippen LogP contribution in [0, 0.1) is 0 Å². The van der Waals surface area contributed by atoms with Gasteiger partial charge in [-0.3, -0.25) is 0 Å². The molecule has 1 N–H and O–H groups in total. The molecule has 0 aliphatic rings. The Morgan fingerprint density at radius 1 is 0.559 bits per heavy atom. The van der Waals surface area contributed by atoms with E-state index < -0.39 is 5.97 Å². The van der Waals surface area contributed by atoms with Crippen LogP contribution in [0.4, 0.5) is 0 Å². The van der Waals surface area contributed by atoms with Gasteiger partial charge in [0.1, 0.15) is 0 Å². The Morgan fingerprint density at radius 2 is 0.882 bits per heavy atom. The number of benzene rings is 6. The van der Waals surface area contributed by atoms with E-state index in [1.54, 1.807) is 0 Å². The molecule has 0 spiro atoms. The Balaban J connectivity index is 0.000000360. The van der Waals surface area contributed by atoms with Crippen molar-refractivity contribution in [1.29, 1.82) is 0 Å². The fraction of sp³-hybridized carbons (Fsp3) is 0.0312. The highest BCUT2D eigenvalue weighted by Crippen LogP contribution is 2.37. The van der Waals surface area contributed by atoms with Crippen LogP contribution in [0.5, 0.6) is 0 Å². The van der Waals surface area contributed by atoms with Crippen molar-refractivity contribution in [3.8, 4) is 11.1 Å². The molecule has 6 rings (SSSR count). The van der Waals surface area contributed by atoms with Gasteiger partial charge in [0.25, 0.3) is 0 Å². The van der Waals surface area contributed by atoms with Crippen molar-refractivity contribution in [3.63, 3.8) is 0 Å². The summed E-state index contributed by atoms with van der Waals surface area (Å²) < 4.78 is 0. The van der Waals surface area contributed by atoms with Crippen molar-refractivity contribution >= 4 is 49.1 Å². The second-order valence-electron chi connectivity index (χ2n) is 8.54. The van der Waals surface area contributed by atoms with E-state index in [-0.39, 0.29) is 5.57 Å². The number of hydrogen-bond acceptors (Lipinski definition) is 1. The predicted molar refractivity (Wildman–Crippen MR) is 144 cm³/mol. The van der Waals surface area contributed by atoms with Crippen molar-refractivity contribution in [1.82, 2.24) is 0 Å². The summed E-state index contributed by atoms with van der Waals surface area (Å²) in [6.07, 6.45) is 0. The van der Waals surface area contributed by atoms with Crippen molar-refractivity contribution in [2.45, 2.75) is 6.92 Å². The third-order valence-electron chi connectivity index (χ3n) is 6.15. The molecular weight excluding hydrogens is 416 g/mol. The molecule has 6 aromatic carbocycles. The summed E-state index contributed by atoms with van der Waals surface area (Å²) in [4.78, 5) is 9.60. The zero-order valence-electron chi connectivity index (χ0n) is 19.0. The number of rotatable bonds is 2. The zero-order valence-corrected chi connectivity index (χ0v) is 19.0. The lowest BCUT2D eigenvalue weighted by molar-refractivity contribution is -0.132. The van der Waals surface area contributed by atoms with Gasteiger partial charge in [-0.1, -0.05) is 91.5 Å². The highest BCUT2D eigenvalue weighted by molar-refractivity contribution is 6.11. The van der Waals surface area contributed by atoms with Crippen LogP contribution in [0.15, 0.2) is 121 Å². The van der Waals surface area contributed by atoms with Crippen molar-refractivity contribution < 1.29 is 9.90 Å². The second kappa shape index (κ2) is 8.84. The molecule has 0 aliphatic carbocycles. The SMILES string of the molecule is C=C(C)C(=O)O.c1ccc2cc3c(-c4cccc5cc6ccccc6cc45)cccc3cc2c1. The van der Waals surface area contributed by atoms with E-state index in [2.05, 4.69) is 116 Å². The number of hydrogen-bond donors (Lipinski definition) is 1. The van der Waals surface area contributed by atoms with E-state index in [4.69, 9.17) is 5.11 Å². The topological polar surface area (TPSA) is 37.3 Å². The third kappa shape index (κ3) is 4.02. The lowest BCUT2D eigenvalue weighted by Crippen LogP contribution is -1.92. The third-order valence-corrected chi connectivity index (χ3v) is 6.15. The average Bonchev–Trinajstić information content (AvgIpc) is 2.86. The lowest BCUT2D eigenvalue weighted by atomic mass is 9.91. The largest absolute Gasteiger partial charge is 0.478 e. The average molecular weight is 441 g/mol. The summed E-state index contributed by atoms with van der Waals surface area (Å²) in [7, 11) is 0. The molecular formula is C32H24O2. The van der Waals surface area contributed by atoms with Crippen LogP contribution in [-0.2, 0) is 4.79 Å². The van der Waals surface area contributed by atoms with Crippen LogP contribution in [0.3, 0.4) is 0 Å². The molecule has 0 atom stereocenters. The Labute approximate surface area is 198 Å². The predicted octanol–water partition coefficient (Wildman–Crippen LogP) is 8.61. The number of carboxylic acid groups (broad SMARTS) is 1. The highest BCUT2D eigenvalue weighted by Gasteiger charge is 2.09. The Morgan fingerprint density at radius 3 is 1.24 bits per heavy atom. The Hall–Kier alpha value is -4.43. The van der Waals surface area contributed by atoms with E-state index >= 15 is 0 Å². The van der Waals surface area contributed by atoms with Gasteiger partial charge in [-0.15, -0.1) is 0 Å². The first-order chi connectivity index (χ1) is 16.5. The highest BCUT2D eigenvalue weighted by atomic mass is 16.4. The first-order valence-corrected chi connectivity index (χ1v) is 11.2. The molecule has 2 nitrogen and oxygen atoms in total. The van der Waals surface area contributed by atoms with E-state index in [0.717, 1.165) is 0 Å². The summed E-state index contributed by atoms with van der Waals surface area (Å²) in [6, 6.07) is 39.7. The molecule has 0 radical (unpaired) electrons. The van der Waals surface area contributed by atoms with E-state index in [0.29, 0.717) is 0 Å². The molecule has 0 saturated heterocycles. The molecule has 164 valence electrons. The maximum absolute atomic E-state index is 9.60. The molecule has 0 unspecified atom stereocenters. The summed E-state index contributed by atoms with van der Waals surface area (Å²) >= 11 is 0. The molecule has 0 heterocycles. The van der Waals surface area contributed by atoms with Crippen molar-refractivity contribution in [2.75, 3.05) is 0 Å². The van der Waals surface area contributed by atoms with Crippen LogP contribution in [0.1, 0.15) is 6.92 Å². The Bertz CT molecular complexity index is 1580. The molecule has 34 heavy (non-hydrogen) atoms. The van der Waals surface area contributed by atoms with Crippen LogP contribution in [0.2, 0.25) is 0 Å². The van der Waals surface area contributed by atoms with E-state index in [9.17, 15) is 4.79 Å². The Kier molecular flexibility index (Phi) is 5.57. The molecule has 0 saturated carbocycles. The minimum absolute atomic E-state index is 0.176. The van der Waals surface area contributed by atoms with Crippen LogP contribution >= 0.6 is 0 Å². The number of carboxylic acids is 1. The summed E-state index contributed by atoms with van der Waals surface area (Å²) in [6.45, 7) is 4.60. The molecule has 0 aliphatic heterocycles. The summed E-state index contributed by atoms with van der Waals surface area (Å²) in [5, 5.41) is 18.2. The number of fused-ring (bicyclic) bond motifs is 4. The summed E-state index contributed by atoms with van der Waals surface area (Å²) in [5.74, 6) is -0.935. The zero-order chi connectivity index (χ0) is 23.7. The second-order valence-corrected chi connectivity index (χ2v) is 8.54. The van der Waals surface area contributed by atoms with Crippen molar-refractivity contribution in [3.05, 3.63) is 121 Å². The van der Waals surface area contributed by atoms with Gasteiger partial charge in [-0.25, -0.2) is 4.79 Å². The van der Waals surface area contributed by atoms with E-state index in [1.165, 1.54) is 61.1 Å². The van der Waals surface area contributed by atoms with Gasteiger partial charge in [-0.05, 0) is 85.4 Å².